The quantitative estimate of drug-likeness (QED) is 0.562. The normalized spacial score (nSPS) is 10.6. The minimum atomic E-state index is -0.560. The van der Waals surface area contributed by atoms with Crippen molar-refractivity contribution in [2.75, 3.05) is 24.4 Å². The zero-order valence-corrected chi connectivity index (χ0v) is 15.1. The molecule has 0 radical (unpaired) electrons. The molecular formula is C19H18ClN3O3. The van der Waals surface area contributed by atoms with Crippen molar-refractivity contribution in [3.8, 4) is 17.6 Å². The van der Waals surface area contributed by atoms with Crippen molar-refractivity contribution in [3.05, 3.63) is 59.3 Å². The van der Waals surface area contributed by atoms with Crippen LogP contribution >= 0.6 is 11.6 Å². The second kappa shape index (κ2) is 9.35. The number of methoxy groups -OCH3 is 1. The lowest BCUT2D eigenvalue weighted by molar-refractivity contribution is -0.112. The molecular weight excluding hydrogens is 354 g/mol. The smallest absolute Gasteiger partial charge is 0.267 e. The first-order chi connectivity index (χ1) is 12.6. The molecule has 0 aliphatic carbocycles. The molecule has 2 rings (SSSR count). The summed E-state index contributed by atoms with van der Waals surface area (Å²) >= 11 is 6.03. The Labute approximate surface area is 157 Å². The van der Waals surface area contributed by atoms with Crippen LogP contribution in [0.4, 0.5) is 11.4 Å². The van der Waals surface area contributed by atoms with Gasteiger partial charge in [-0.15, -0.1) is 0 Å². The highest BCUT2D eigenvalue weighted by atomic mass is 35.5. The number of halogens is 1. The van der Waals surface area contributed by atoms with Gasteiger partial charge in [-0.05, 0) is 37.3 Å². The van der Waals surface area contributed by atoms with Crippen molar-refractivity contribution in [1.29, 1.82) is 5.26 Å². The number of ether oxygens (including phenoxy) is 2. The van der Waals surface area contributed by atoms with Crippen LogP contribution in [0.25, 0.3) is 0 Å². The molecule has 0 atom stereocenters. The summed E-state index contributed by atoms with van der Waals surface area (Å²) < 4.78 is 10.6. The van der Waals surface area contributed by atoms with E-state index in [-0.39, 0.29) is 5.57 Å². The predicted molar refractivity (Wildman–Crippen MR) is 102 cm³/mol. The number of rotatable bonds is 7. The molecule has 6 nitrogen and oxygen atoms in total. The maximum absolute atomic E-state index is 12.3. The number of benzene rings is 2. The highest BCUT2D eigenvalue weighted by Gasteiger charge is 2.11. The van der Waals surface area contributed by atoms with Gasteiger partial charge in [0.1, 0.15) is 23.1 Å². The Balaban J connectivity index is 2.12. The number of nitrogens with one attached hydrogen (secondary N) is 2. The van der Waals surface area contributed by atoms with Crippen LogP contribution in [0, 0.1) is 11.3 Å². The number of hydrogen-bond donors (Lipinski definition) is 2. The molecule has 134 valence electrons. The van der Waals surface area contributed by atoms with Gasteiger partial charge in [-0.25, -0.2) is 0 Å². The van der Waals surface area contributed by atoms with E-state index in [1.54, 1.807) is 30.3 Å². The van der Waals surface area contributed by atoms with E-state index in [0.717, 1.165) is 0 Å². The summed E-state index contributed by atoms with van der Waals surface area (Å²) in [5, 5.41) is 15.2. The number of anilines is 2. The zero-order chi connectivity index (χ0) is 18.9. The van der Waals surface area contributed by atoms with Crippen molar-refractivity contribution >= 4 is 28.9 Å². The van der Waals surface area contributed by atoms with Gasteiger partial charge in [-0.2, -0.15) is 5.26 Å². The maximum atomic E-state index is 12.3. The summed E-state index contributed by atoms with van der Waals surface area (Å²) in [5.41, 5.74) is 1.02. The van der Waals surface area contributed by atoms with Gasteiger partial charge in [0.2, 0.25) is 0 Å². The topological polar surface area (TPSA) is 83.4 Å². The monoisotopic (exact) mass is 371 g/mol. The van der Waals surface area contributed by atoms with Crippen LogP contribution < -0.4 is 20.1 Å². The van der Waals surface area contributed by atoms with Crippen molar-refractivity contribution < 1.29 is 14.3 Å². The van der Waals surface area contributed by atoms with E-state index in [9.17, 15) is 10.1 Å². The van der Waals surface area contributed by atoms with Crippen LogP contribution in [0.5, 0.6) is 11.5 Å². The molecule has 0 aliphatic heterocycles. The van der Waals surface area contributed by atoms with Crippen LogP contribution in [-0.4, -0.2) is 19.6 Å². The van der Waals surface area contributed by atoms with Crippen molar-refractivity contribution in [3.63, 3.8) is 0 Å². The molecule has 0 fully saturated rings. The van der Waals surface area contributed by atoms with Crippen molar-refractivity contribution in [1.82, 2.24) is 0 Å². The Morgan fingerprint density at radius 1 is 1.27 bits per heavy atom. The summed E-state index contributed by atoms with van der Waals surface area (Å²) in [6.07, 6.45) is 1.33. The second-order valence-corrected chi connectivity index (χ2v) is 5.45. The number of nitriles is 1. The summed E-state index contributed by atoms with van der Waals surface area (Å²) in [6, 6.07) is 13.9. The zero-order valence-electron chi connectivity index (χ0n) is 14.4. The fourth-order valence-corrected chi connectivity index (χ4v) is 2.37. The van der Waals surface area contributed by atoms with Gasteiger partial charge < -0.3 is 20.1 Å². The molecule has 0 bridgehead atoms. The molecule has 1 amide bonds. The SMILES string of the molecule is CCOc1ccccc1N/C=C(/C#N)C(=O)Nc1ccc(OC)c(Cl)c1. The third kappa shape index (κ3) is 4.91. The lowest BCUT2D eigenvalue weighted by Crippen LogP contribution is -2.14. The molecule has 0 saturated carbocycles. The third-order valence-electron chi connectivity index (χ3n) is 3.33. The largest absolute Gasteiger partial charge is 0.495 e. The highest BCUT2D eigenvalue weighted by Crippen LogP contribution is 2.27. The Morgan fingerprint density at radius 3 is 2.69 bits per heavy atom. The summed E-state index contributed by atoms with van der Waals surface area (Å²) in [5.74, 6) is 0.566. The molecule has 0 spiro atoms. The molecule has 2 aromatic rings. The Kier molecular flexibility index (Phi) is 6.89. The van der Waals surface area contributed by atoms with Crippen LogP contribution in [0.3, 0.4) is 0 Å². The summed E-state index contributed by atoms with van der Waals surface area (Å²) in [7, 11) is 1.50. The lowest BCUT2D eigenvalue weighted by atomic mass is 10.2. The second-order valence-electron chi connectivity index (χ2n) is 5.05. The minimum absolute atomic E-state index is 0.0942. The lowest BCUT2D eigenvalue weighted by Gasteiger charge is -2.10. The number of amides is 1. The average Bonchev–Trinajstić information content (AvgIpc) is 2.64. The van der Waals surface area contributed by atoms with E-state index < -0.39 is 5.91 Å². The van der Waals surface area contributed by atoms with E-state index in [1.807, 2.05) is 25.1 Å². The van der Waals surface area contributed by atoms with E-state index >= 15 is 0 Å². The fraction of sp³-hybridized carbons (Fsp3) is 0.158. The number of carbonyl (C=O) groups excluding carboxylic acids is 1. The van der Waals surface area contributed by atoms with Crippen LogP contribution in [0.15, 0.2) is 54.2 Å². The van der Waals surface area contributed by atoms with Gasteiger partial charge in [0.05, 0.1) is 24.4 Å². The molecule has 7 heteroatoms. The highest BCUT2D eigenvalue weighted by molar-refractivity contribution is 6.32. The number of hydrogen-bond acceptors (Lipinski definition) is 5. The first-order valence-corrected chi connectivity index (χ1v) is 8.20. The van der Waals surface area contributed by atoms with Gasteiger partial charge in [-0.1, -0.05) is 23.7 Å². The standard InChI is InChI=1S/C19H18ClN3O3/c1-3-26-18-7-5-4-6-16(18)22-12-13(11-21)19(24)23-14-8-9-17(25-2)15(20)10-14/h4-10,12,22H,3H2,1-2H3,(H,23,24)/b13-12-. The van der Waals surface area contributed by atoms with Crippen LogP contribution in [-0.2, 0) is 4.79 Å². The van der Waals surface area contributed by atoms with E-state index in [1.165, 1.54) is 13.3 Å². The van der Waals surface area contributed by atoms with Gasteiger partial charge in [0, 0.05) is 11.9 Å². The summed E-state index contributed by atoms with van der Waals surface area (Å²) in [4.78, 5) is 12.3. The molecule has 2 aromatic carbocycles. The number of carbonyl (C=O) groups is 1. The van der Waals surface area contributed by atoms with E-state index in [0.29, 0.717) is 34.5 Å². The molecule has 0 heterocycles. The average molecular weight is 372 g/mol. The Bertz CT molecular complexity index is 859. The molecule has 26 heavy (non-hydrogen) atoms. The first kappa shape index (κ1) is 19.2. The predicted octanol–water partition coefficient (Wildman–Crippen LogP) is 4.21. The van der Waals surface area contributed by atoms with Crippen molar-refractivity contribution in [2.45, 2.75) is 6.92 Å². The molecule has 0 aromatic heterocycles. The fourth-order valence-electron chi connectivity index (χ4n) is 2.11. The van der Waals surface area contributed by atoms with Crippen LogP contribution in [0.2, 0.25) is 5.02 Å². The Hall–Kier alpha value is -3.17. The van der Waals surface area contributed by atoms with Gasteiger partial charge in [0.15, 0.2) is 0 Å². The van der Waals surface area contributed by atoms with Gasteiger partial charge in [-0.3, -0.25) is 4.79 Å². The van der Waals surface area contributed by atoms with Crippen LogP contribution in [0.1, 0.15) is 6.92 Å². The minimum Gasteiger partial charge on any atom is -0.495 e. The first-order valence-electron chi connectivity index (χ1n) is 7.82. The molecule has 0 unspecified atom stereocenters. The number of nitrogens with zero attached hydrogens (tertiary/aromatic N) is 1. The molecule has 2 N–H and O–H groups in total. The van der Waals surface area contributed by atoms with E-state index in [2.05, 4.69) is 10.6 Å². The summed E-state index contributed by atoms with van der Waals surface area (Å²) in [6.45, 7) is 2.38. The van der Waals surface area contributed by atoms with Gasteiger partial charge in [0.25, 0.3) is 5.91 Å². The maximum Gasteiger partial charge on any atom is 0.267 e. The van der Waals surface area contributed by atoms with Gasteiger partial charge >= 0.3 is 0 Å². The molecule has 0 saturated heterocycles. The molecule has 0 aliphatic rings. The third-order valence-corrected chi connectivity index (χ3v) is 3.63. The number of para-hydroxylation sites is 2. The van der Waals surface area contributed by atoms with Crippen molar-refractivity contribution in [2.24, 2.45) is 0 Å². The Morgan fingerprint density at radius 2 is 2.04 bits per heavy atom. The van der Waals surface area contributed by atoms with E-state index in [4.69, 9.17) is 21.1 Å².